The Labute approximate surface area is 116 Å². The highest BCUT2D eigenvalue weighted by atomic mass is 16.2. The van der Waals surface area contributed by atoms with Crippen LogP contribution in [0.15, 0.2) is 30.5 Å². The van der Waals surface area contributed by atoms with Gasteiger partial charge in [-0.15, -0.1) is 5.10 Å². The van der Waals surface area contributed by atoms with Gasteiger partial charge >= 0.3 is 0 Å². The van der Waals surface area contributed by atoms with Gasteiger partial charge in [-0.2, -0.15) is 0 Å². The normalized spacial score (nSPS) is 13.3. The number of nitrogens with two attached hydrogens (primary N) is 1. The van der Waals surface area contributed by atoms with E-state index >= 15 is 0 Å². The summed E-state index contributed by atoms with van der Waals surface area (Å²) in [5.41, 5.74) is 4.94. The molecule has 0 unspecified atom stereocenters. The molecule has 7 heteroatoms. The van der Waals surface area contributed by atoms with E-state index in [-0.39, 0.29) is 5.69 Å². The Kier molecular flexibility index (Phi) is 3.34. The van der Waals surface area contributed by atoms with E-state index in [0.717, 1.165) is 19.5 Å². The first-order valence-electron chi connectivity index (χ1n) is 6.52. The zero-order chi connectivity index (χ0) is 13.9. The van der Waals surface area contributed by atoms with E-state index in [1.165, 1.54) is 11.3 Å². The molecule has 0 bridgehead atoms. The van der Waals surface area contributed by atoms with Crippen LogP contribution in [0.4, 0.5) is 5.69 Å². The van der Waals surface area contributed by atoms with E-state index in [9.17, 15) is 4.79 Å². The molecule has 3 rings (SSSR count). The molecule has 20 heavy (non-hydrogen) atoms. The van der Waals surface area contributed by atoms with Crippen LogP contribution >= 0.6 is 0 Å². The van der Waals surface area contributed by atoms with Gasteiger partial charge in [-0.1, -0.05) is 23.4 Å². The second-order valence-corrected chi connectivity index (χ2v) is 4.71. The second kappa shape index (κ2) is 5.30. The number of hydrogen-bond donors (Lipinski definition) is 2. The zero-order valence-corrected chi connectivity index (χ0v) is 11.0. The molecule has 2 aromatic rings. The van der Waals surface area contributed by atoms with E-state index < -0.39 is 5.91 Å². The monoisotopic (exact) mass is 272 g/mol. The number of para-hydroxylation sites is 1. The lowest BCUT2D eigenvalue weighted by Gasteiger charge is -2.18. The minimum absolute atomic E-state index is 0.231. The van der Waals surface area contributed by atoms with Gasteiger partial charge in [-0.05, 0) is 18.1 Å². The number of nitrogens with zero attached hydrogens (tertiary/aromatic N) is 4. The summed E-state index contributed by atoms with van der Waals surface area (Å²) in [7, 11) is 0. The quantitative estimate of drug-likeness (QED) is 0.462. The Bertz CT molecular complexity index is 623. The maximum absolute atomic E-state index is 11.3. The molecule has 0 saturated heterocycles. The topological polar surface area (TPSA) is 89.1 Å². The first-order valence-corrected chi connectivity index (χ1v) is 6.52. The fourth-order valence-corrected chi connectivity index (χ4v) is 2.45. The fourth-order valence-electron chi connectivity index (χ4n) is 2.45. The third-order valence-corrected chi connectivity index (χ3v) is 3.48. The lowest BCUT2D eigenvalue weighted by atomic mass is 10.2. The van der Waals surface area contributed by atoms with Crippen LogP contribution in [0.2, 0.25) is 0 Å². The zero-order valence-electron chi connectivity index (χ0n) is 11.0. The maximum Gasteiger partial charge on any atom is 0.287 e. The first-order chi connectivity index (χ1) is 9.78. The molecule has 1 amide bonds. The van der Waals surface area contributed by atoms with E-state index in [4.69, 9.17) is 5.84 Å². The van der Waals surface area contributed by atoms with Crippen LogP contribution in [0.3, 0.4) is 0 Å². The molecule has 1 aromatic carbocycles. The van der Waals surface area contributed by atoms with Gasteiger partial charge in [0.2, 0.25) is 0 Å². The number of rotatable bonds is 4. The summed E-state index contributed by atoms with van der Waals surface area (Å²) in [6, 6.07) is 8.42. The number of carbonyl (C=O) groups is 1. The number of hydrogen-bond acceptors (Lipinski definition) is 5. The van der Waals surface area contributed by atoms with Crippen molar-refractivity contribution >= 4 is 11.6 Å². The number of aromatic nitrogens is 3. The predicted molar refractivity (Wildman–Crippen MR) is 74.0 cm³/mol. The van der Waals surface area contributed by atoms with Crippen molar-refractivity contribution in [3.05, 3.63) is 41.7 Å². The molecule has 1 aliphatic heterocycles. The Morgan fingerprint density at radius 2 is 2.20 bits per heavy atom. The smallest absolute Gasteiger partial charge is 0.287 e. The Morgan fingerprint density at radius 3 is 3.05 bits per heavy atom. The molecule has 0 saturated carbocycles. The largest absolute Gasteiger partial charge is 0.369 e. The Hall–Kier alpha value is -2.41. The summed E-state index contributed by atoms with van der Waals surface area (Å²) in [6.45, 7) is 2.54. The molecule has 0 fully saturated rings. The standard InChI is InChI=1S/C13H16N6O/c14-15-13(20)11-9-19(17-16-11)8-7-18-6-5-10-3-1-2-4-12(10)18/h1-4,9H,5-8,14H2,(H,15,20). The number of anilines is 1. The molecule has 7 nitrogen and oxygen atoms in total. The van der Waals surface area contributed by atoms with Gasteiger partial charge in [0.1, 0.15) is 0 Å². The fraction of sp³-hybridized carbons (Fsp3) is 0.308. The Balaban J connectivity index is 1.63. The molecular formula is C13H16N6O. The predicted octanol–water partition coefficient (Wildman–Crippen LogP) is -0.0557. The van der Waals surface area contributed by atoms with Crippen molar-refractivity contribution in [3.63, 3.8) is 0 Å². The van der Waals surface area contributed by atoms with E-state index in [0.29, 0.717) is 6.54 Å². The van der Waals surface area contributed by atoms with Crippen LogP contribution in [0.25, 0.3) is 0 Å². The summed E-state index contributed by atoms with van der Waals surface area (Å²) >= 11 is 0. The second-order valence-electron chi connectivity index (χ2n) is 4.71. The van der Waals surface area contributed by atoms with Crippen molar-refractivity contribution in [1.82, 2.24) is 20.4 Å². The molecule has 0 atom stereocenters. The molecule has 3 N–H and O–H groups in total. The first kappa shape index (κ1) is 12.6. The lowest BCUT2D eigenvalue weighted by Crippen LogP contribution is -2.30. The molecule has 1 aliphatic rings. The van der Waals surface area contributed by atoms with Gasteiger partial charge in [0, 0.05) is 18.8 Å². The molecule has 104 valence electrons. The van der Waals surface area contributed by atoms with Gasteiger partial charge in [-0.25, -0.2) is 10.5 Å². The third kappa shape index (κ3) is 2.35. The summed E-state index contributed by atoms with van der Waals surface area (Å²) in [4.78, 5) is 13.6. The maximum atomic E-state index is 11.3. The summed E-state index contributed by atoms with van der Waals surface area (Å²) in [5.74, 6) is 4.63. The van der Waals surface area contributed by atoms with Crippen LogP contribution in [0, 0.1) is 0 Å². The Morgan fingerprint density at radius 1 is 1.35 bits per heavy atom. The van der Waals surface area contributed by atoms with Crippen LogP contribution in [-0.2, 0) is 13.0 Å². The average Bonchev–Trinajstić information content (AvgIpc) is 3.11. The van der Waals surface area contributed by atoms with E-state index in [1.54, 1.807) is 10.9 Å². The average molecular weight is 272 g/mol. The molecule has 1 aromatic heterocycles. The number of amides is 1. The lowest BCUT2D eigenvalue weighted by molar-refractivity contribution is 0.0948. The van der Waals surface area contributed by atoms with Gasteiger partial charge in [-0.3, -0.25) is 10.2 Å². The molecule has 0 aliphatic carbocycles. The molecule has 0 spiro atoms. The highest BCUT2D eigenvalue weighted by Crippen LogP contribution is 2.26. The van der Waals surface area contributed by atoms with Gasteiger partial charge in [0.15, 0.2) is 5.69 Å². The number of carbonyl (C=O) groups excluding carboxylic acids is 1. The number of nitrogen functional groups attached to an aromatic ring is 1. The highest BCUT2D eigenvalue weighted by Gasteiger charge is 2.18. The number of fused-ring (bicyclic) bond motifs is 1. The third-order valence-electron chi connectivity index (χ3n) is 3.48. The minimum atomic E-state index is -0.428. The van der Waals surface area contributed by atoms with Crippen molar-refractivity contribution < 1.29 is 4.79 Å². The summed E-state index contributed by atoms with van der Waals surface area (Å²) < 4.78 is 1.66. The van der Waals surface area contributed by atoms with Crippen molar-refractivity contribution in [2.24, 2.45) is 5.84 Å². The van der Waals surface area contributed by atoms with Crippen LogP contribution in [0.1, 0.15) is 16.1 Å². The van der Waals surface area contributed by atoms with Crippen molar-refractivity contribution in [2.75, 3.05) is 18.0 Å². The number of benzene rings is 1. The molecular weight excluding hydrogens is 256 g/mol. The van der Waals surface area contributed by atoms with Crippen molar-refractivity contribution in [3.8, 4) is 0 Å². The van der Waals surface area contributed by atoms with Crippen molar-refractivity contribution in [1.29, 1.82) is 0 Å². The van der Waals surface area contributed by atoms with Crippen LogP contribution in [-0.4, -0.2) is 34.0 Å². The number of hydrazine groups is 1. The van der Waals surface area contributed by atoms with Gasteiger partial charge in [0.25, 0.3) is 5.91 Å². The van der Waals surface area contributed by atoms with Crippen LogP contribution in [0.5, 0.6) is 0 Å². The van der Waals surface area contributed by atoms with E-state index in [2.05, 4.69) is 39.5 Å². The van der Waals surface area contributed by atoms with Gasteiger partial charge < -0.3 is 4.90 Å². The van der Waals surface area contributed by atoms with E-state index in [1.807, 2.05) is 5.43 Å². The van der Waals surface area contributed by atoms with Gasteiger partial charge in [0.05, 0.1) is 12.7 Å². The summed E-state index contributed by atoms with van der Waals surface area (Å²) in [6.07, 6.45) is 2.68. The summed E-state index contributed by atoms with van der Waals surface area (Å²) in [5, 5.41) is 7.70. The molecule has 2 heterocycles. The highest BCUT2D eigenvalue weighted by molar-refractivity contribution is 5.91. The SMILES string of the molecule is NNC(=O)c1cn(CCN2CCc3ccccc32)nn1. The van der Waals surface area contributed by atoms with Crippen molar-refractivity contribution in [2.45, 2.75) is 13.0 Å². The number of nitrogens with one attached hydrogen (secondary N) is 1. The van der Waals surface area contributed by atoms with Crippen LogP contribution < -0.4 is 16.2 Å². The minimum Gasteiger partial charge on any atom is -0.369 e. The molecule has 0 radical (unpaired) electrons.